The van der Waals surface area contributed by atoms with E-state index in [-0.39, 0.29) is 5.91 Å². The van der Waals surface area contributed by atoms with Crippen molar-refractivity contribution < 1.29 is 4.79 Å². The fourth-order valence-corrected chi connectivity index (χ4v) is 3.55. The van der Waals surface area contributed by atoms with Crippen molar-refractivity contribution in [3.8, 4) is 16.9 Å². The number of nitrogens with one attached hydrogen (secondary N) is 1. The van der Waals surface area contributed by atoms with Crippen LogP contribution in [-0.4, -0.2) is 20.1 Å². The smallest absolute Gasteiger partial charge is 0.276 e. The predicted octanol–water partition coefficient (Wildman–Crippen LogP) is 5.35. The third-order valence-corrected chi connectivity index (χ3v) is 5.19. The lowest BCUT2D eigenvalue weighted by atomic mass is 10.1. The zero-order valence-corrected chi connectivity index (χ0v) is 16.5. The highest BCUT2D eigenvalue weighted by atomic mass is 16.1. The highest BCUT2D eigenvalue weighted by Crippen LogP contribution is 2.23. The predicted molar refractivity (Wildman–Crippen MR) is 119 cm³/mol. The number of para-hydroxylation sites is 1. The van der Waals surface area contributed by atoms with Gasteiger partial charge in [-0.2, -0.15) is 5.10 Å². The average molecular weight is 392 g/mol. The molecule has 0 fully saturated rings. The second-order valence-corrected chi connectivity index (χ2v) is 7.18. The number of aromatic nitrogens is 3. The molecule has 0 saturated carbocycles. The van der Waals surface area contributed by atoms with Gasteiger partial charge in [-0.3, -0.25) is 4.79 Å². The number of carbonyl (C=O) groups is 1. The van der Waals surface area contributed by atoms with Crippen LogP contribution in [0.15, 0.2) is 97.3 Å². The zero-order chi connectivity index (χ0) is 20.5. The minimum Gasteiger partial charge on any atom is -0.320 e. The van der Waals surface area contributed by atoms with Gasteiger partial charge in [-0.25, -0.2) is 4.68 Å². The number of amides is 1. The first-order valence-corrected chi connectivity index (χ1v) is 9.79. The van der Waals surface area contributed by atoms with Crippen molar-refractivity contribution in [1.29, 1.82) is 0 Å². The summed E-state index contributed by atoms with van der Waals surface area (Å²) in [7, 11) is 0. The van der Waals surface area contributed by atoms with E-state index in [1.54, 1.807) is 10.7 Å². The first kappa shape index (κ1) is 17.9. The zero-order valence-electron chi connectivity index (χ0n) is 16.5. The number of pyridine rings is 1. The van der Waals surface area contributed by atoms with Crippen molar-refractivity contribution in [3.05, 3.63) is 109 Å². The van der Waals surface area contributed by atoms with E-state index in [0.717, 1.165) is 33.7 Å². The molecule has 0 atom stereocenters. The van der Waals surface area contributed by atoms with E-state index in [0.29, 0.717) is 5.69 Å². The molecule has 0 saturated heterocycles. The Balaban J connectivity index is 1.47. The molecule has 5 heteroatoms. The molecule has 0 aliphatic heterocycles. The van der Waals surface area contributed by atoms with Crippen molar-refractivity contribution in [2.45, 2.75) is 6.92 Å². The molecule has 3 aromatic heterocycles. The standard InChI is InChI=1S/C25H20N4O/c1-18-7-5-6-10-22(18)26-25(30)23-15-16-29(27-23)24-14-13-21-12-11-20(17-28(21)24)19-8-3-2-4-9-19/h2-17H,1H3,(H,26,30). The maximum absolute atomic E-state index is 12.7. The Kier molecular flexibility index (Phi) is 4.41. The average Bonchev–Trinajstić information content (AvgIpc) is 3.42. The molecule has 3 heterocycles. The van der Waals surface area contributed by atoms with Crippen molar-refractivity contribution in [2.24, 2.45) is 0 Å². The van der Waals surface area contributed by atoms with Crippen LogP contribution in [0, 0.1) is 6.92 Å². The summed E-state index contributed by atoms with van der Waals surface area (Å²) in [4.78, 5) is 12.7. The van der Waals surface area contributed by atoms with Crippen LogP contribution >= 0.6 is 0 Å². The van der Waals surface area contributed by atoms with Gasteiger partial charge < -0.3 is 9.72 Å². The third-order valence-electron chi connectivity index (χ3n) is 5.19. The molecule has 5 aromatic rings. The van der Waals surface area contributed by atoms with Gasteiger partial charge in [0.15, 0.2) is 5.69 Å². The fourth-order valence-electron chi connectivity index (χ4n) is 3.55. The summed E-state index contributed by atoms with van der Waals surface area (Å²) < 4.78 is 3.81. The van der Waals surface area contributed by atoms with Gasteiger partial charge >= 0.3 is 0 Å². The van der Waals surface area contributed by atoms with Crippen LogP contribution in [0.25, 0.3) is 22.5 Å². The summed E-state index contributed by atoms with van der Waals surface area (Å²) >= 11 is 0. The molecule has 1 N–H and O–H groups in total. The molecule has 0 aliphatic carbocycles. The van der Waals surface area contributed by atoms with E-state index in [4.69, 9.17) is 0 Å². The minimum atomic E-state index is -0.228. The SMILES string of the molecule is Cc1ccccc1NC(=O)c1ccn(-c2ccc3ccc(-c4ccccc4)cn23)n1. The monoisotopic (exact) mass is 392 g/mol. The largest absolute Gasteiger partial charge is 0.320 e. The van der Waals surface area contributed by atoms with E-state index in [2.05, 4.69) is 45.3 Å². The summed E-state index contributed by atoms with van der Waals surface area (Å²) in [6, 6.07) is 27.9. The number of anilines is 1. The molecule has 5 rings (SSSR count). The van der Waals surface area contributed by atoms with Crippen LogP contribution in [0.5, 0.6) is 0 Å². The fraction of sp³-hybridized carbons (Fsp3) is 0.0400. The van der Waals surface area contributed by atoms with Gasteiger partial charge in [0.25, 0.3) is 5.91 Å². The van der Waals surface area contributed by atoms with Gasteiger partial charge in [0.2, 0.25) is 0 Å². The molecule has 0 spiro atoms. The highest BCUT2D eigenvalue weighted by Gasteiger charge is 2.13. The van der Waals surface area contributed by atoms with Crippen LogP contribution < -0.4 is 5.32 Å². The lowest BCUT2D eigenvalue weighted by Crippen LogP contribution is -2.14. The maximum atomic E-state index is 12.7. The number of fused-ring (bicyclic) bond motifs is 1. The Hall–Kier alpha value is -4.12. The van der Waals surface area contributed by atoms with Crippen LogP contribution in [0.2, 0.25) is 0 Å². The molecule has 1 amide bonds. The summed E-state index contributed by atoms with van der Waals surface area (Å²) in [6.45, 7) is 1.96. The molecule has 146 valence electrons. The number of nitrogens with zero attached hydrogens (tertiary/aromatic N) is 3. The highest BCUT2D eigenvalue weighted by molar-refractivity contribution is 6.03. The first-order chi connectivity index (χ1) is 14.7. The Morgan fingerprint density at radius 3 is 2.43 bits per heavy atom. The molecule has 0 aliphatic rings. The second kappa shape index (κ2) is 7.37. The summed E-state index contributed by atoms with van der Waals surface area (Å²) in [6.07, 6.45) is 3.90. The number of hydrogen-bond acceptors (Lipinski definition) is 2. The second-order valence-electron chi connectivity index (χ2n) is 7.18. The third kappa shape index (κ3) is 3.26. The van der Waals surface area contributed by atoms with Gasteiger partial charge in [-0.15, -0.1) is 0 Å². The van der Waals surface area contributed by atoms with Gasteiger partial charge in [-0.1, -0.05) is 54.6 Å². The van der Waals surface area contributed by atoms with Gasteiger partial charge in [0, 0.05) is 23.6 Å². The van der Waals surface area contributed by atoms with E-state index >= 15 is 0 Å². The van der Waals surface area contributed by atoms with Gasteiger partial charge in [-0.05, 0) is 53.9 Å². The number of benzene rings is 2. The molecule has 0 unspecified atom stereocenters. The summed E-state index contributed by atoms with van der Waals surface area (Å²) in [5.41, 5.74) is 5.50. The number of hydrogen-bond donors (Lipinski definition) is 1. The normalized spacial score (nSPS) is 11.0. The van der Waals surface area contributed by atoms with Crippen LogP contribution in [0.3, 0.4) is 0 Å². The van der Waals surface area contributed by atoms with Gasteiger partial charge in [0.05, 0.1) is 0 Å². The van der Waals surface area contributed by atoms with Crippen molar-refractivity contribution in [1.82, 2.24) is 14.2 Å². The quantitative estimate of drug-likeness (QED) is 0.448. The topological polar surface area (TPSA) is 51.3 Å². The molecule has 0 radical (unpaired) electrons. The number of rotatable bonds is 4. The Morgan fingerprint density at radius 1 is 0.833 bits per heavy atom. The molecule has 30 heavy (non-hydrogen) atoms. The number of aryl methyl sites for hydroxylation is 1. The summed E-state index contributed by atoms with van der Waals surface area (Å²) in [5.74, 6) is 0.645. The first-order valence-electron chi connectivity index (χ1n) is 9.79. The van der Waals surface area contributed by atoms with Crippen molar-refractivity contribution >= 4 is 17.1 Å². The number of carbonyl (C=O) groups excluding carboxylic acids is 1. The minimum absolute atomic E-state index is 0.228. The maximum Gasteiger partial charge on any atom is 0.276 e. The molecule has 0 bridgehead atoms. The van der Waals surface area contributed by atoms with Crippen molar-refractivity contribution in [2.75, 3.05) is 5.32 Å². The summed E-state index contributed by atoms with van der Waals surface area (Å²) in [5, 5.41) is 7.45. The van der Waals surface area contributed by atoms with Crippen molar-refractivity contribution in [3.63, 3.8) is 0 Å². The Bertz CT molecular complexity index is 1350. The van der Waals surface area contributed by atoms with E-state index < -0.39 is 0 Å². The van der Waals surface area contributed by atoms with Gasteiger partial charge in [0.1, 0.15) is 5.82 Å². The Morgan fingerprint density at radius 2 is 1.60 bits per heavy atom. The molecule has 2 aromatic carbocycles. The Labute approximate surface area is 174 Å². The molecule has 5 nitrogen and oxygen atoms in total. The van der Waals surface area contributed by atoms with Crippen LogP contribution in [0.4, 0.5) is 5.69 Å². The lowest BCUT2D eigenvalue weighted by molar-refractivity contribution is 0.102. The van der Waals surface area contributed by atoms with E-state index in [9.17, 15) is 4.79 Å². The van der Waals surface area contributed by atoms with Crippen LogP contribution in [-0.2, 0) is 0 Å². The molecular formula is C25H20N4O. The van der Waals surface area contributed by atoms with Crippen LogP contribution in [0.1, 0.15) is 16.1 Å². The van der Waals surface area contributed by atoms with E-state index in [1.165, 1.54) is 0 Å². The molecular weight excluding hydrogens is 372 g/mol. The lowest BCUT2D eigenvalue weighted by Gasteiger charge is -2.07. The van der Waals surface area contributed by atoms with E-state index in [1.807, 2.05) is 67.7 Å².